The van der Waals surface area contributed by atoms with E-state index in [1.807, 2.05) is 18.2 Å². The van der Waals surface area contributed by atoms with E-state index in [0.29, 0.717) is 0 Å². The highest BCUT2D eigenvalue weighted by Crippen LogP contribution is 2.27. The summed E-state index contributed by atoms with van der Waals surface area (Å²) in [6.07, 6.45) is 2.90. The van der Waals surface area contributed by atoms with Crippen molar-refractivity contribution in [1.82, 2.24) is 10.5 Å². The molecule has 0 fully saturated rings. The zero-order valence-electron chi connectivity index (χ0n) is 10.5. The van der Waals surface area contributed by atoms with Gasteiger partial charge in [0.15, 0.2) is 0 Å². The van der Waals surface area contributed by atoms with Crippen LogP contribution in [0, 0.1) is 0 Å². The molecule has 2 aromatic rings. The Morgan fingerprint density at radius 1 is 1.32 bits per heavy atom. The highest BCUT2D eigenvalue weighted by atomic mass is 79.9. The standard InChI is InChI=1S/C14H16N2O2.BrH/c17-14-13-11(7-4-8-12(13)18-16-14)15-9-10-5-2-1-3-6-10;/h1-3,5-6,11,15H,4,7-9H2,(H,16,17);1H/t11-;/m1./s1. The lowest BCUT2D eigenvalue weighted by Crippen LogP contribution is -2.28. The number of benzene rings is 1. The number of aryl methyl sites for hydroxylation is 1. The molecule has 0 aliphatic heterocycles. The second-order valence-corrected chi connectivity index (χ2v) is 4.68. The van der Waals surface area contributed by atoms with E-state index in [2.05, 4.69) is 22.6 Å². The van der Waals surface area contributed by atoms with Crippen molar-refractivity contribution >= 4 is 17.0 Å². The summed E-state index contributed by atoms with van der Waals surface area (Å²) in [5, 5.41) is 5.88. The van der Waals surface area contributed by atoms with Gasteiger partial charge in [0.2, 0.25) is 0 Å². The van der Waals surface area contributed by atoms with E-state index >= 15 is 0 Å². The van der Waals surface area contributed by atoms with Crippen LogP contribution in [0.1, 0.15) is 35.8 Å². The number of aromatic amines is 1. The summed E-state index contributed by atoms with van der Waals surface area (Å²) in [5.74, 6) is 0.816. The molecule has 1 aromatic carbocycles. The average Bonchev–Trinajstić information content (AvgIpc) is 2.80. The Morgan fingerprint density at radius 3 is 2.89 bits per heavy atom. The fourth-order valence-electron chi connectivity index (χ4n) is 2.53. The molecule has 0 bridgehead atoms. The molecule has 1 heterocycles. The molecule has 1 atom stereocenters. The summed E-state index contributed by atoms with van der Waals surface area (Å²) in [6.45, 7) is 0.773. The first-order valence-corrected chi connectivity index (χ1v) is 6.32. The van der Waals surface area contributed by atoms with E-state index in [1.54, 1.807) is 0 Å². The Morgan fingerprint density at radius 2 is 2.11 bits per heavy atom. The topological polar surface area (TPSA) is 58.0 Å². The lowest BCUT2D eigenvalue weighted by atomic mass is 9.93. The number of aromatic nitrogens is 1. The predicted molar refractivity (Wildman–Crippen MR) is 78.6 cm³/mol. The van der Waals surface area contributed by atoms with Crippen LogP contribution < -0.4 is 10.9 Å². The largest absolute Gasteiger partial charge is 0.383 e. The lowest BCUT2D eigenvalue weighted by molar-refractivity contribution is 0.353. The maximum Gasteiger partial charge on any atom is 0.284 e. The molecular formula is C14H17BrN2O2. The molecule has 0 amide bonds. The SMILES string of the molecule is Br.O=c1[nH]oc2c1[C@H](NCc1ccccc1)CCC2. The van der Waals surface area contributed by atoms with Gasteiger partial charge in [-0.2, -0.15) is 5.16 Å². The van der Waals surface area contributed by atoms with Crippen LogP contribution in [-0.2, 0) is 13.0 Å². The summed E-state index contributed by atoms with van der Waals surface area (Å²) in [7, 11) is 0. The van der Waals surface area contributed by atoms with Gasteiger partial charge in [-0.3, -0.25) is 4.79 Å². The third-order valence-electron chi connectivity index (χ3n) is 3.45. The first-order valence-electron chi connectivity index (χ1n) is 6.32. The van der Waals surface area contributed by atoms with Gasteiger partial charge in [0.25, 0.3) is 5.56 Å². The first kappa shape index (κ1) is 14.1. The third kappa shape index (κ3) is 2.98. The zero-order valence-corrected chi connectivity index (χ0v) is 12.2. The van der Waals surface area contributed by atoms with Crippen LogP contribution >= 0.6 is 17.0 Å². The number of fused-ring (bicyclic) bond motifs is 1. The number of rotatable bonds is 3. The van der Waals surface area contributed by atoms with Gasteiger partial charge in [-0.15, -0.1) is 17.0 Å². The molecule has 4 nitrogen and oxygen atoms in total. The third-order valence-corrected chi connectivity index (χ3v) is 3.45. The van der Waals surface area contributed by atoms with Crippen LogP contribution in [0.3, 0.4) is 0 Å². The first-order chi connectivity index (χ1) is 8.84. The van der Waals surface area contributed by atoms with Gasteiger partial charge in [0.05, 0.1) is 5.56 Å². The van der Waals surface area contributed by atoms with Crippen LogP contribution in [0.4, 0.5) is 0 Å². The number of H-pyrrole nitrogens is 1. The molecule has 0 saturated heterocycles. The normalized spacial score (nSPS) is 17.6. The second kappa shape index (κ2) is 6.21. The molecule has 2 N–H and O–H groups in total. The van der Waals surface area contributed by atoms with E-state index in [-0.39, 0.29) is 28.6 Å². The molecule has 19 heavy (non-hydrogen) atoms. The Balaban J connectivity index is 0.00000133. The summed E-state index contributed by atoms with van der Waals surface area (Å²) in [5.41, 5.74) is 1.93. The fraction of sp³-hybridized carbons (Fsp3) is 0.357. The minimum Gasteiger partial charge on any atom is -0.383 e. The highest BCUT2D eigenvalue weighted by Gasteiger charge is 2.26. The molecule has 0 spiro atoms. The van der Waals surface area contributed by atoms with Crippen molar-refractivity contribution in [2.24, 2.45) is 0 Å². The zero-order chi connectivity index (χ0) is 12.4. The van der Waals surface area contributed by atoms with E-state index in [1.165, 1.54) is 5.56 Å². The summed E-state index contributed by atoms with van der Waals surface area (Å²) in [4.78, 5) is 11.7. The molecule has 0 unspecified atom stereocenters. The summed E-state index contributed by atoms with van der Waals surface area (Å²) in [6, 6.07) is 10.3. The van der Waals surface area contributed by atoms with Crippen LogP contribution in [-0.4, -0.2) is 5.16 Å². The molecule has 102 valence electrons. The van der Waals surface area contributed by atoms with Crippen molar-refractivity contribution in [3.63, 3.8) is 0 Å². The molecule has 1 aliphatic rings. The Kier molecular flexibility index (Phi) is 4.61. The minimum absolute atomic E-state index is 0. The van der Waals surface area contributed by atoms with Crippen molar-refractivity contribution in [2.75, 3.05) is 0 Å². The van der Waals surface area contributed by atoms with Crippen molar-refractivity contribution < 1.29 is 4.52 Å². The van der Waals surface area contributed by atoms with Gasteiger partial charge in [-0.25, -0.2) is 0 Å². The van der Waals surface area contributed by atoms with Crippen molar-refractivity contribution in [1.29, 1.82) is 0 Å². The number of hydrogen-bond donors (Lipinski definition) is 2. The highest BCUT2D eigenvalue weighted by molar-refractivity contribution is 8.93. The van der Waals surface area contributed by atoms with E-state index in [4.69, 9.17) is 4.52 Å². The number of nitrogens with one attached hydrogen (secondary N) is 2. The molecule has 3 rings (SSSR count). The van der Waals surface area contributed by atoms with Crippen LogP contribution in [0.2, 0.25) is 0 Å². The number of hydrogen-bond acceptors (Lipinski definition) is 3. The van der Waals surface area contributed by atoms with E-state index in [9.17, 15) is 4.79 Å². The summed E-state index contributed by atoms with van der Waals surface area (Å²) >= 11 is 0. The summed E-state index contributed by atoms with van der Waals surface area (Å²) < 4.78 is 5.19. The van der Waals surface area contributed by atoms with Gasteiger partial charge < -0.3 is 9.84 Å². The van der Waals surface area contributed by atoms with Gasteiger partial charge in [-0.05, 0) is 18.4 Å². The molecular weight excluding hydrogens is 308 g/mol. The second-order valence-electron chi connectivity index (χ2n) is 4.68. The van der Waals surface area contributed by atoms with Gasteiger partial charge >= 0.3 is 0 Å². The lowest BCUT2D eigenvalue weighted by Gasteiger charge is -2.21. The Labute approximate surface area is 121 Å². The van der Waals surface area contributed by atoms with Crippen LogP contribution in [0.5, 0.6) is 0 Å². The van der Waals surface area contributed by atoms with Crippen molar-refractivity contribution in [3.8, 4) is 0 Å². The molecule has 1 aliphatic carbocycles. The minimum atomic E-state index is -0.0877. The quantitative estimate of drug-likeness (QED) is 0.912. The van der Waals surface area contributed by atoms with Gasteiger partial charge in [0.1, 0.15) is 5.76 Å². The van der Waals surface area contributed by atoms with E-state index in [0.717, 1.165) is 37.1 Å². The predicted octanol–water partition coefficient (Wildman–Crippen LogP) is 2.71. The average molecular weight is 325 g/mol. The van der Waals surface area contributed by atoms with Gasteiger partial charge in [0, 0.05) is 19.0 Å². The van der Waals surface area contributed by atoms with Gasteiger partial charge in [-0.1, -0.05) is 30.3 Å². The maximum atomic E-state index is 11.7. The fourth-order valence-corrected chi connectivity index (χ4v) is 2.53. The smallest absolute Gasteiger partial charge is 0.284 e. The molecule has 0 radical (unpaired) electrons. The maximum absolute atomic E-state index is 11.7. The van der Waals surface area contributed by atoms with Crippen LogP contribution in [0.25, 0.3) is 0 Å². The molecule has 1 aromatic heterocycles. The van der Waals surface area contributed by atoms with Crippen molar-refractivity contribution in [3.05, 3.63) is 57.6 Å². The van der Waals surface area contributed by atoms with Crippen LogP contribution in [0.15, 0.2) is 39.6 Å². The monoisotopic (exact) mass is 324 g/mol. The Bertz CT molecular complexity index is 577. The molecule has 0 saturated carbocycles. The van der Waals surface area contributed by atoms with Crippen molar-refractivity contribution in [2.45, 2.75) is 31.8 Å². The number of halogens is 1. The Hall–Kier alpha value is -1.33. The van der Waals surface area contributed by atoms with E-state index < -0.39 is 0 Å². The molecule has 5 heteroatoms.